The topological polar surface area (TPSA) is 88.9 Å². The van der Waals surface area contributed by atoms with Gasteiger partial charge >= 0.3 is 5.97 Å². The Balaban J connectivity index is 1.96. The minimum Gasteiger partial charge on any atom is -0.463 e. The minimum absolute atomic E-state index is 0.192. The molecule has 1 aromatic heterocycles. The van der Waals surface area contributed by atoms with Crippen molar-refractivity contribution in [2.45, 2.75) is 11.1 Å². The highest BCUT2D eigenvalue weighted by molar-refractivity contribution is 7.89. The van der Waals surface area contributed by atoms with Crippen molar-refractivity contribution < 1.29 is 26.8 Å². The Kier molecular flexibility index (Phi) is 4.89. The van der Waals surface area contributed by atoms with E-state index in [4.69, 9.17) is 4.42 Å². The van der Waals surface area contributed by atoms with E-state index in [0.717, 1.165) is 0 Å². The summed E-state index contributed by atoms with van der Waals surface area (Å²) in [4.78, 5) is 11.5. The Hall–Kier alpha value is -2.23. The minimum atomic E-state index is -4.00. The molecule has 0 amide bonds. The van der Waals surface area contributed by atoms with Gasteiger partial charge in [-0.1, -0.05) is 12.1 Å². The standard InChI is InChI=1S/C16H17FN2O5S/c1-23-16(20)14-5-6-15(24-14)25(21,22)19-8-7-18-10-13(19)11-3-2-4-12(17)9-11/h2-6,9,13,18H,7-8,10H2,1H3. The van der Waals surface area contributed by atoms with E-state index >= 15 is 0 Å². The zero-order valence-corrected chi connectivity index (χ0v) is 14.3. The Morgan fingerprint density at radius 1 is 1.36 bits per heavy atom. The second-order valence-corrected chi connectivity index (χ2v) is 7.32. The summed E-state index contributed by atoms with van der Waals surface area (Å²) in [6.45, 7) is 0.987. The molecule has 9 heteroatoms. The maximum atomic E-state index is 13.5. The number of furan rings is 1. The number of ether oxygens (including phenoxy) is 1. The van der Waals surface area contributed by atoms with Crippen LogP contribution in [0, 0.1) is 5.82 Å². The van der Waals surface area contributed by atoms with Gasteiger partial charge in [0.25, 0.3) is 10.0 Å². The Labute approximate surface area is 144 Å². The van der Waals surface area contributed by atoms with Crippen molar-refractivity contribution in [1.29, 1.82) is 0 Å². The van der Waals surface area contributed by atoms with E-state index in [0.29, 0.717) is 18.7 Å². The van der Waals surface area contributed by atoms with Crippen LogP contribution in [0.15, 0.2) is 45.9 Å². The molecule has 1 fully saturated rings. The smallest absolute Gasteiger partial charge is 0.374 e. The lowest BCUT2D eigenvalue weighted by Crippen LogP contribution is -2.48. The van der Waals surface area contributed by atoms with E-state index in [1.807, 2.05) is 0 Å². The number of sulfonamides is 1. The average molecular weight is 368 g/mol. The average Bonchev–Trinajstić information content (AvgIpc) is 3.12. The van der Waals surface area contributed by atoms with Crippen molar-refractivity contribution in [1.82, 2.24) is 9.62 Å². The van der Waals surface area contributed by atoms with Gasteiger partial charge in [-0.05, 0) is 29.8 Å². The van der Waals surface area contributed by atoms with Crippen molar-refractivity contribution >= 4 is 16.0 Å². The summed E-state index contributed by atoms with van der Waals surface area (Å²) < 4.78 is 50.3. The second-order valence-electron chi connectivity index (χ2n) is 5.50. The molecule has 1 N–H and O–H groups in total. The molecular weight excluding hydrogens is 351 g/mol. The zero-order chi connectivity index (χ0) is 18.0. The summed E-state index contributed by atoms with van der Waals surface area (Å²) >= 11 is 0. The number of nitrogens with zero attached hydrogens (tertiary/aromatic N) is 1. The molecule has 1 aliphatic rings. The lowest BCUT2D eigenvalue weighted by Gasteiger charge is -2.34. The van der Waals surface area contributed by atoms with Crippen molar-refractivity contribution in [2.24, 2.45) is 0 Å². The van der Waals surface area contributed by atoms with Crippen LogP contribution in [-0.2, 0) is 14.8 Å². The van der Waals surface area contributed by atoms with Crippen LogP contribution < -0.4 is 5.32 Å². The first-order valence-corrected chi connectivity index (χ1v) is 9.03. The summed E-state index contributed by atoms with van der Waals surface area (Å²) in [5.41, 5.74) is 0.538. The van der Waals surface area contributed by atoms with Gasteiger partial charge in [0, 0.05) is 19.6 Å². The third-order valence-corrected chi connectivity index (χ3v) is 5.74. The number of esters is 1. The molecule has 0 spiro atoms. The highest BCUT2D eigenvalue weighted by Gasteiger charge is 2.36. The molecule has 7 nitrogen and oxygen atoms in total. The van der Waals surface area contributed by atoms with Crippen LogP contribution in [0.25, 0.3) is 0 Å². The van der Waals surface area contributed by atoms with Crippen LogP contribution in [0.1, 0.15) is 22.2 Å². The molecule has 2 aromatic rings. The molecule has 1 aliphatic heterocycles. The molecular formula is C16H17FN2O5S. The van der Waals surface area contributed by atoms with Crippen LogP contribution >= 0.6 is 0 Å². The Bertz CT molecular complexity index is 880. The van der Waals surface area contributed by atoms with Crippen LogP contribution in [-0.4, -0.2) is 45.4 Å². The number of nitrogens with one attached hydrogen (secondary N) is 1. The first-order valence-electron chi connectivity index (χ1n) is 7.59. The molecule has 2 heterocycles. The molecule has 1 unspecified atom stereocenters. The predicted molar refractivity (Wildman–Crippen MR) is 86.0 cm³/mol. The normalized spacial score (nSPS) is 18.9. The van der Waals surface area contributed by atoms with Gasteiger partial charge < -0.3 is 14.5 Å². The van der Waals surface area contributed by atoms with Gasteiger partial charge in [0.1, 0.15) is 5.82 Å². The Morgan fingerprint density at radius 3 is 2.88 bits per heavy atom. The zero-order valence-electron chi connectivity index (χ0n) is 13.4. The molecule has 1 atom stereocenters. The van der Waals surface area contributed by atoms with Gasteiger partial charge in [-0.15, -0.1) is 0 Å². The van der Waals surface area contributed by atoms with E-state index in [1.165, 1.54) is 41.7 Å². The fourth-order valence-electron chi connectivity index (χ4n) is 2.76. The number of piperazine rings is 1. The number of hydrogen-bond donors (Lipinski definition) is 1. The fourth-order valence-corrected chi connectivity index (χ4v) is 4.29. The van der Waals surface area contributed by atoms with E-state index in [2.05, 4.69) is 10.1 Å². The number of carbonyl (C=O) groups is 1. The number of rotatable bonds is 4. The van der Waals surface area contributed by atoms with Crippen LogP contribution in [0.5, 0.6) is 0 Å². The van der Waals surface area contributed by atoms with Gasteiger partial charge in [0.15, 0.2) is 0 Å². The maximum absolute atomic E-state index is 13.5. The summed E-state index contributed by atoms with van der Waals surface area (Å²) in [6, 6.07) is 7.69. The fraction of sp³-hybridized carbons (Fsp3) is 0.312. The van der Waals surface area contributed by atoms with Gasteiger partial charge in [-0.25, -0.2) is 17.6 Å². The molecule has 0 saturated carbocycles. The third-order valence-electron chi connectivity index (χ3n) is 3.96. The summed E-state index contributed by atoms with van der Waals surface area (Å²) in [5, 5.41) is 2.75. The largest absolute Gasteiger partial charge is 0.463 e. The van der Waals surface area contributed by atoms with Crippen LogP contribution in [0.3, 0.4) is 0 Å². The molecule has 25 heavy (non-hydrogen) atoms. The quantitative estimate of drug-likeness (QED) is 0.824. The first kappa shape index (κ1) is 17.6. The monoisotopic (exact) mass is 368 g/mol. The molecule has 0 aliphatic carbocycles. The highest BCUT2D eigenvalue weighted by Crippen LogP contribution is 2.30. The summed E-state index contributed by atoms with van der Waals surface area (Å²) in [7, 11) is -2.82. The molecule has 134 valence electrons. The van der Waals surface area contributed by atoms with E-state index in [-0.39, 0.29) is 17.4 Å². The molecule has 1 aromatic carbocycles. The number of hydrogen-bond acceptors (Lipinski definition) is 6. The number of benzene rings is 1. The lowest BCUT2D eigenvalue weighted by atomic mass is 10.1. The summed E-state index contributed by atoms with van der Waals surface area (Å²) in [6.07, 6.45) is 0. The number of carbonyl (C=O) groups excluding carboxylic acids is 1. The van der Waals surface area contributed by atoms with Gasteiger partial charge in [0.2, 0.25) is 10.9 Å². The molecule has 3 rings (SSSR count). The number of methoxy groups -OCH3 is 1. The van der Waals surface area contributed by atoms with Crippen molar-refractivity contribution in [3.05, 3.63) is 53.5 Å². The van der Waals surface area contributed by atoms with Crippen LogP contribution in [0.2, 0.25) is 0 Å². The molecule has 0 bridgehead atoms. The summed E-state index contributed by atoms with van der Waals surface area (Å²) in [5.74, 6) is -1.40. The second kappa shape index (κ2) is 6.95. The van der Waals surface area contributed by atoms with Crippen LogP contribution in [0.4, 0.5) is 4.39 Å². The van der Waals surface area contributed by atoms with Gasteiger partial charge in [-0.3, -0.25) is 0 Å². The molecule has 1 saturated heterocycles. The maximum Gasteiger partial charge on any atom is 0.374 e. The van der Waals surface area contributed by atoms with Crippen molar-refractivity contribution in [3.63, 3.8) is 0 Å². The van der Waals surface area contributed by atoms with E-state index in [1.54, 1.807) is 6.07 Å². The van der Waals surface area contributed by atoms with E-state index < -0.39 is 27.9 Å². The first-order chi connectivity index (χ1) is 11.9. The lowest BCUT2D eigenvalue weighted by molar-refractivity contribution is 0.0558. The third kappa shape index (κ3) is 3.44. The Morgan fingerprint density at radius 2 is 2.16 bits per heavy atom. The molecule has 0 radical (unpaired) electrons. The van der Waals surface area contributed by atoms with Gasteiger partial charge in [-0.2, -0.15) is 4.31 Å². The number of halogens is 1. The van der Waals surface area contributed by atoms with Crippen molar-refractivity contribution in [2.75, 3.05) is 26.7 Å². The van der Waals surface area contributed by atoms with Crippen molar-refractivity contribution in [3.8, 4) is 0 Å². The predicted octanol–water partition coefficient (Wildman–Crippen LogP) is 1.54. The van der Waals surface area contributed by atoms with E-state index in [9.17, 15) is 17.6 Å². The van der Waals surface area contributed by atoms with Gasteiger partial charge in [0.05, 0.1) is 13.2 Å². The highest BCUT2D eigenvalue weighted by atomic mass is 32.2. The SMILES string of the molecule is COC(=O)c1ccc(S(=O)(=O)N2CCNCC2c2cccc(F)c2)o1.